The maximum Gasteiger partial charge on any atom is 0.129 e. The van der Waals surface area contributed by atoms with E-state index in [2.05, 4.69) is 21.4 Å². The van der Waals surface area contributed by atoms with Crippen LogP contribution in [0.4, 0.5) is 13.2 Å². The monoisotopic (exact) mass is 358 g/mol. The van der Waals surface area contributed by atoms with Gasteiger partial charge in [0.15, 0.2) is 0 Å². The molecule has 1 atom stereocenters. The second kappa shape index (κ2) is 7.06. The fraction of sp³-hybridized carbons (Fsp3) is 0.200. The van der Waals surface area contributed by atoms with Gasteiger partial charge in [-0.05, 0) is 48.7 Å². The average molecular weight is 359 g/mol. The Morgan fingerprint density at radius 3 is 2.33 bits per heavy atom. The van der Waals surface area contributed by atoms with Gasteiger partial charge in [-0.25, -0.2) is 13.2 Å². The molecule has 3 N–H and O–H groups in total. The molecule has 21 heavy (non-hydrogen) atoms. The van der Waals surface area contributed by atoms with E-state index in [1.165, 1.54) is 30.3 Å². The van der Waals surface area contributed by atoms with Crippen LogP contribution in [0.5, 0.6) is 0 Å². The van der Waals surface area contributed by atoms with Crippen LogP contribution in [0.1, 0.15) is 11.1 Å². The largest absolute Gasteiger partial charge is 0.271 e. The number of benzene rings is 2. The molecule has 0 spiro atoms. The van der Waals surface area contributed by atoms with Gasteiger partial charge in [-0.15, -0.1) is 0 Å². The van der Waals surface area contributed by atoms with Crippen molar-refractivity contribution in [2.75, 3.05) is 0 Å². The Morgan fingerprint density at radius 2 is 1.71 bits per heavy atom. The van der Waals surface area contributed by atoms with Gasteiger partial charge in [0, 0.05) is 16.1 Å². The van der Waals surface area contributed by atoms with Crippen molar-refractivity contribution in [3.8, 4) is 0 Å². The number of nitrogens with two attached hydrogens (primary N) is 1. The van der Waals surface area contributed by atoms with Gasteiger partial charge < -0.3 is 0 Å². The van der Waals surface area contributed by atoms with E-state index in [4.69, 9.17) is 5.84 Å². The van der Waals surface area contributed by atoms with Crippen LogP contribution in [0.25, 0.3) is 0 Å². The van der Waals surface area contributed by atoms with Crippen molar-refractivity contribution in [3.63, 3.8) is 0 Å². The van der Waals surface area contributed by atoms with Crippen LogP contribution < -0.4 is 11.3 Å². The van der Waals surface area contributed by atoms with Crippen LogP contribution in [-0.4, -0.2) is 6.04 Å². The molecule has 0 bridgehead atoms. The summed E-state index contributed by atoms with van der Waals surface area (Å²) in [6, 6.07) is 7.56. The highest BCUT2D eigenvalue weighted by Gasteiger charge is 2.16. The van der Waals surface area contributed by atoms with E-state index in [0.29, 0.717) is 12.0 Å². The molecule has 2 nitrogen and oxygen atoms in total. The predicted octanol–water partition coefficient (Wildman–Crippen LogP) is 3.48. The Bertz CT molecular complexity index is 614. The van der Waals surface area contributed by atoms with Crippen LogP contribution in [0.15, 0.2) is 40.9 Å². The number of halogens is 4. The van der Waals surface area contributed by atoms with E-state index in [-0.39, 0.29) is 17.8 Å². The fourth-order valence-corrected chi connectivity index (χ4v) is 2.54. The number of hydrogen-bond donors (Lipinski definition) is 2. The second-order valence-corrected chi connectivity index (χ2v) is 5.56. The summed E-state index contributed by atoms with van der Waals surface area (Å²) in [6.45, 7) is 0. The highest BCUT2D eigenvalue weighted by Crippen LogP contribution is 2.21. The highest BCUT2D eigenvalue weighted by atomic mass is 79.9. The van der Waals surface area contributed by atoms with E-state index < -0.39 is 17.7 Å². The van der Waals surface area contributed by atoms with Crippen molar-refractivity contribution < 1.29 is 13.2 Å². The van der Waals surface area contributed by atoms with E-state index in [1.807, 2.05) is 0 Å². The molecule has 2 aromatic rings. The first-order valence-electron chi connectivity index (χ1n) is 6.34. The molecule has 0 aliphatic carbocycles. The van der Waals surface area contributed by atoms with Crippen LogP contribution in [0.2, 0.25) is 0 Å². The Hall–Kier alpha value is -1.37. The molecular weight excluding hydrogens is 345 g/mol. The predicted molar refractivity (Wildman–Crippen MR) is 79.0 cm³/mol. The van der Waals surface area contributed by atoms with Gasteiger partial charge >= 0.3 is 0 Å². The number of hydrogen-bond acceptors (Lipinski definition) is 2. The lowest BCUT2D eigenvalue weighted by atomic mass is 9.98. The zero-order valence-electron chi connectivity index (χ0n) is 11.0. The third-order valence-corrected chi connectivity index (χ3v) is 4.00. The Morgan fingerprint density at radius 1 is 1.05 bits per heavy atom. The van der Waals surface area contributed by atoms with Gasteiger partial charge in [0.05, 0.1) is 0 Å². The molecule has 2 aromatic carbocycles. The average Bonchev–Trinajstić information content (AvgIpc) is 2.45. The quantitative estimate of drug-likeness (QED) is 0.634. The maximum absolute atomic E-state index is 13.7. The number of nitrogens with one attached hydrogen (secondary N) is 1. The molecule has 112 valence electrons. The summed E-state index contributed by atoms with van der Waals surface area (Å²) in [7, 11) is 0. The summed E-state index contributed by atoms with van der Waals surface area (Å²) < 4.78 is 41.3. The first-order valence-corrected chi connectivity index (χ1v) is 7.13. The first kappa shape index (κ1) is 16.0. The molecular formula is C15H14BrF3N2. The zero-order chi connectivity index (χ0) is 15.4. The molecule has 0 amide bonds. The van der Waals surface area contributed by atoms with E-state index in [9.17, 15) is 13.2 Å². The van der Waals surface area contributed by atoms with Gasteiger partial charge in [-0.2, -0.15) is 0 Å². The Labute approximate surface area is 129 Å². The van der Waals surface area contributed by atoms with Crippen LogP contribution in [-0.2, 0) is 12.8 Å². The summed E-state index contributed by atoms with van der Waals surface area (Å²) in [5, 5.41) is 0. The van der Waals surface area contributed by atoms with E-state index in [1.54, 1.807) is 6.07 Å². The molecule has 0 radical (unpaired) electrons. The summed E-state index contributed by atoms with van der Waals surface area (Å²) >= 11 is 3.32. The second-order valence-electron chi connectivity index (χ2n) is 4.71. The molecule has 0 saturated heterocycles. The molecule has 2 rings (SSSR count). The molecule has 0 aliphatic rings. The lowest BCUT2D eigenvalue weighted by Gasteiger charge is -2.17. The Kier molecular flexibility index (Phi) is 5.39. The first-order chi connectivity index (χ1) is 10.0. The standard InChI is InChI=1S/C15H14BrF3N2/c16-13-5-4-10(17)6-9(13)7-11(21-20)8-12-14(18)2-1-3-15(12)19/h1-6,11,21H,7-8,20H2. The molecule has 0 aliphatic heterocycles. The van der Waals surface area contributed by atoms with Crippen LogP contribution in [0.3, 0.4) is 0 Å². The van der Waals surface area contributed by atoms with Crippen molar-refractivity contribution in [2.45, 2.75) is 18.9 Å². The maximum atomic E-state index is 13.7. The lowest BCUT2D eigenvalue weighted by molar-refractivity contribution is 0.483. The van der Waals surface area contributed by atoms with E-state index >= 15 is 0 Å². The minimum atomic E-state index is -0.617. The van der Waals surface area contributed by atoms with Crippen LogP contribution in [0, 0.1) is 17.5 Å². The molecule has 6 heteroatoms. The van der Waals surface area contributed by atoms with Gasteiger partial charge in [0.25, 0.3) is 0 Å². The normalized spacial score (nSPS) is 12.4. The number of rotatable bonds is 5. The van der Waals surface area contributed by atoms with E-state index in [0.717, 1.165) is 4.47 Å². The topological polar surface area (TPSA) is 38.0 Å². The van der Waals surface area contributed by atoms with Gasteiger partial charge in [-0.3, -0.25) is 11.3 Å². The fourth-order valence-electron chi connectivity index (χ4n) is 2.13. The van der Waals surface area contributed by atoms with Gasteiger partial charge in [0.2, 0.25) is 0 Å². The van der Waals surface area contributed by atoms with Gasteiger partial charge in [0.1, 0.15) is 17.5 Å². The van der Waals surface area contributed by atoms with Crippen molar-refractivity contribution in [3.05, 3.63) is 69.4 Å². The van der Waals surface area contributed by atoms with Crippen LogP contribution >= 0.6 is 15.9 Å². The SMILES string of the molecule is NNC(Cc1cc(F)ccc1Br)Cc1c(F)cccc1F. The molecule has 0 heterocycles. The highest BCUT2D eigenvalue weighted by molar-refractivity contribution is 9.10. The van der Waals surface area contributed by atoms with Crippen molar-refractivity contribution in [2.24, 2.45) is 5.84 Å². The van der Waals surface area contributed by atoms with Crippen molar-refractivity contribution in [1.82, 2.24) is 5.43 Å². The molecule has 0 aromatic heterocycles. The molecule has 0 saturated carbocycles. The zero-order valence-corrected chi connectivity index (χ0v) is 12.6. The lowest BCUT2D eigenvalue weighted by Crippen LogP contribution is -2.39. The third-order valence-electron chi connectivity index (χ3n) is 3.22. The summed E-state index contributed by atoms with van der Waals surface area (Å²) in [5.41, 5.74) is 3.16. The minimum absolute atomic E-state index is 0.0343. The minimum Gasteiger partial charge on any atom is -0.271 e. The van der Waals surface area contributed by atoms with Crippen molar-refractivity contribution in [1.29, 1.82) is 0 Å². The molecule has 0 fully saturated rings. The summed E-state index contributed by atoms with van der Waals surface area (Å²) in [4.78, 5) is 0. The Balaban J connectivity index is 2.19. The summed E-state index contributed by atoms with van der Waals surface area (Å²) in [6.07, 6.45) is 0.403. The van der Waals surface area contributed by atoms with Gasteiger partial charge in [-0.1, -0.05) is 22.0 Å². The van der Waals surface area contributed by atoms with Crippen molar-refractivity contribution >= 4 is 15.9 Å². The smallest absolute Gasteiger partial charge is 0.129 e. The summed E-state index contributed by atoms with van der Waals surface area (Å²) in [5.74, 6) is 3.84. The number of hydrazine groups is 1. The third kappa shape index (κ3) is 4.06. The molecule has 1 unspecified atom stereocenters.